The van der Waals surface area contributed by atoms with Crippen LogP contribution in [0.2, 0.25) is 0 Å². The molecule has 0 bridgehead atoms. The van der Waals surface area contributed by atoms with Crippen LogP contribution in [-0.4, -0.2) is 46.2 Å². The van der Waals surface area contributed by atoms with Gasteiger partial charge in [0.1, 0.15) is 9.84 Å². The van der Waals surface area contributed by atoms with Crippen LogP contribution >= 0.6 is 0 Å². The fourth-order valence-corrected chi connectivity index (χ4v) is 2.50. The molecule has 0 rings (SSSR count). The van der Waals surface area contributed by atoms with Crippen LogP contribution in [0.3, 0.4) is 0 Å². The molecule has 0 heterocycles. The SMILES string of the molecule is CCS(=O)(=O)CCCC(C)C(C)NCCOC. The van der Waals surface area contributed by atoms with Gasteiger partial charge in [-0.05, 0) is 25.7 Å². The van der Waals surface area contributed by atoms with Crippen molar-refractivity contribution >= 4 is 9.84 Å². The smallest absolute Gasteiger partial charge is 0.150 e. The first-order chi connectivity index (χ1) is 7.93. The van der Waals surface area contributed by atoms with E-state index in [0.717, 1.165) is 19.4 Å². The van der Waals surface area contributed by atoms with Gasteiger partial charge in [0.15, 0.2) is 0 Å². The number of ether oxygens (including phenoxy) is 1. The largest absolute Gasteiger partial charge is 0.383 e. The molecule has 5 heteroatoms. The maximum atomic E-state index is 11.3. The fourth-order valence-electron chi connectivity index (χ4n) is 1.61. The van der Waals surface area contributed by atoms with Gasteiger partial charge in [0.05, 0.1) is 12.4 Å². The first kappa shape index (κ1) is 16.9. The van der Waals surface area contributed by atoms with Crippen molar-refractivity contribution in [1.82, 2.24) is 5.32 Å². The molecule has 0 fully saturated rings. The lowest BCUT2D eigenvalue weighted by Gasteiger charge is -2.21. The topological polar surface area (TPSA) is 55.4 Å². The van der Waals surface area contributed by atoms with E-state index < -0.39 is 9.84 Å². The van der Waals surface area contributed by atoms with Crippen molar-refractivity contribution in [3.63, 3.8) is 0 Å². The summed E-state index contributed by atoms with van der Waals surface area (Å²) in [6.45, 7) is 7.54. The molecular weight excluding hydrogens is 238 g/mol. The second-order valence-electron chi connectivity index (χ2n) is 4.59. The molecule has 4 nitrogen and oxygen atoms in total. The molecular formula is C12H27NO3S. The van der Waals surface area contributed by atoms with E-state index in [1.807, 2.05) is 0 Å². The first-order valence-electron chi connectivity index (χ1n) is 6.35. The predicted octanol–water partition coefficient (Wildman–Crippen LogP) is 1.46. The molecule has 0 spiro atoms. The third-order valence-electron chi connectivity index (χ3n) is 3.18. The average Bonchev–Trinajstić information content (AvgIpc) is 2.29. The van der Waals surface area contributed by atoms with Crippen molar-refractivity contribution < 1.29 is 13.2 Å². The van der Waals surface area contributed by atoms with Crippen molar-refractivity contribution in [3.05, 3.63) is 0 Å². The zero-order chi connectivity index (χ0) is 13.3. The summed E-state index contributed by atoms with van der Waals surface area (Å²) < 4.78 is 27.6. The summed E-state index contributed by atoms with van der Waals surface area (Å²) in [4.78, 5) is 0. The maximum Gasteiger partial charge on any atom is 0.150 e. The standard InChI is InChI=1S/C12H27NO3S/c1-5-17(14,15)10-6-7-11(2)12(3)13-8-9-16-4/h11-13H,5-10H2,1-4H3. The lowest BCUT2D eigenvalue weighted by atomic mass is 9.98. The van der Waals surface area contributed by atoms with Crippen LogP contribution in [0.5, 0.6) is 0 Å². The lowest BCUT2D eigenvalue weighted by molar-refractivity contribution is 0.192. The van der Waals surface area contributed by atoms with Crippen molar-refractivity contribution in [2.75, 3.05) is 31.8 Å². The third-order valence-corrected chi connectivity index (χ3v) is 4.97. The number of rotatable bonds is 10. The van der Waals surface area contributed by atoms with Gasteiger partial charge >= 0.3 is 0 Å². The van der Waals surface area contributed by atoms with Crippen LogP contribution in [0.15, 0.2) is 0 Å². The molecule has 0 saturated heterocycles. The Morgan fingerprint density at radius 1 is 1.29 bits per heavy atom. The second-order valence-corrected chi connectivity index (χ2v) is 7.06. The maximum absolute atomic E-state index is 11.3. The molecule has 2 atom stereocenters. The van der Waals surface area contributed by atoms with Gasteiger partial charge in [-0.1, -0.05) is 13.8 Å². The third kappa shape index (κ3) is 8.57. The van der Waals surface area contributed by atoms with Crippen molar-refractivity contribution in [2.24, 2.45) is 5.92 Å². The second kappa shape index (κ2) is 8.89. The zero-order valence-corrected chi connectivity index (χ0v) is 12.3. The molecule has 0 aliphatic heterocycles. The molecule has 0 aliphatic carbocycles. The van der Waals surface area contributed by atoms with Crippen molar-refractivity contribution in [1.29, 1.82) is 0 Å². The Morgan fingerprint density at radius 2 is 1.94 bits per heavy atom. The molecule has 0 aromatic heterocycles. The van der Waals surface area contributed by atoms with E-state index in [0.29, 0.717) is 24.3 Å². The number of hydrogen-bond acceptors (Lipinski definition) is 4. The summed E-state index contributed by atoms with van der Waals surface area (Å²) in [6, 6.07) is 0.398. The zero-order valence-electron chi connectivity index (χ0n) is 11.5. The number of nitrogens with one attached hydrogen (secondary N) is 1. The monoisotopic (exact) mass is 265 g/mol. The molecule has 0 aromatic rings. The molecule has 17 heavy (non-hydrogen) atoms. The quantitative estimate of drug-likeness (QED) is 0.608. The Hall–Kier alpha value is -0.130. The van der Waals surface area contributed by atoms with E-state index in [4.69, 9.17) is 4.74 Å². The molecule has 2 unspecified atom stereocenters. The van der Waals surface area contributed by atoms with E-state index in [9.17, 15) is 8.42 Å². The number of sulfone groups is 1. The summed E-state index contributed by atoms with van der Waals surface area (Å²) in [5.74, 6) is 1.06. The minimum Gasteiger partial charge on any atom is -0.383 e. The van der Waals surface area contributed by atoms with Crippen LogP contribution in [0.25, 0.3) is 0 Å². The van der Waals surface area contributed by atoms with E-state index in [1.54, 1.807) is 14.0 Å². The molecule has 1 N–H and O–H groups in total. The van der Waals surface area contributed by atoms with Gasteiger partial charge in [-0.3, -0.25) is 0 Å². The van der Waals surface area contributed by atoms with E-state index in [1.165, 1.54) is 0 Å². The Kier molecular flexibility index (Phi) is 8.82. The van der Waals surface area contributed by atoms with Crippen LogP contribution < -0.4 is 5.32 Å². The lowest BCUT2D eigenvalue weighted by Crippen LogP contribution is -2.34. The first-order valence-corrected chi connectivity index (χ1v) is 8.17. The van der Waals surface area contributed by atoms with E-state index in [-0.39, 0.29) is 5.75 Å². The predicted molar refractivity (Wildman–Crippen MR) is 72.1 cm³/mol. The van der Waals surface area contributed by atoms with Crippen LogP contribution in [0, 0.1) is 5.92 Å². The number of hydrogen-bond donors (Lipinski definition) is 1. The summed E-state index contributed by atoms with van der Waals surface area (Å²) in [5, 5.41) is 3.37. The van der Waals surface area contributed by atoms with Gasteiger partial charge in [0, 0.05) is 25.4 Å². The average molecular weight is 265 g/mol. The van der Waals surface area contributed by atoms with Crippen LogP contribution in [-0.2, 0) is 14.6 Å². The van der Waals surface area contributed by atoms with Gasteiger partial charge in [-0.25, -0.2) is 8.42 Å². The van der Waals surface area contributed by atoms with Crippen molar-refractivity contribution in [3.8, 4) is 0 Å². The summed E-state index contributed by atoms with van der Waals surface area (Å²) in [7, 11) is -1.12. The normalized spacial score (nSPS) is 15.8. The molecule has 0 radical (unpaired) electrons. The highest BCUT2D eigenvalue weighted by molar-refractivity contribution is 7.91. The molecule has 104 valence electrons. The minimum absolute atomic E-state index is 0.253. The van der Waals surface area contributed by atoms with Gasteiger partial charge in [0.25, 0.3) is 0 Å². The molecule has 0 saturated carbocycles. The summed E-state index contributed by atoms with van der Waals surface area (Å²) >= 11 is 0. The fraction of sp³-hybridized carbons (Fsp3) is 1.00. The van der Waals surface area contributed by atoms with E-state index in [2.05, 4.69) is 19.2 Å². The van der Waals surface area contributed by atoms with Gasteiger partial charge in [0.2, 0.25) is 0 Å². The number of methoxy groups -OCH3 is 1. The van der Waals surface area contributed by atoms with Crippen LogP contribution in [0.4, 0.5) is 0 Å². The highest BCUT2D eigenvalue weighted by Gasteiger charge is 2.13. The Labute approximate surface area is 106 Å². The molecule has 0 amide bonds. The van der Waals surface area contributed by atoms with Crippen molar-refractivity contribution in [2.45, 2.75) is 39.7 Å². The van der Waals surface area contributed by atoms with Crippen LogP contribution in [0.1, 0.15) is 33.6 Å². The van der Waals surface area contributed by atoms with Gasteiger partial charge in [-0.2, -0.15) is 0 Å². The Morgan fingerprint density at radius 3 is 2.47 bits per heavy atom. The minimum atomic E-state index is -2.80. The summed E-state index contributed by atoms with van der Waals surface area (Å²) in [5.41, 5.74) is 0. The summed E-state index contributed by atoms with van der Waals surface area (Å²) in [6.07, 6.45) is 1.70. The highest BCUT2D eigenvalue weighted by Crippen LogP contribution is 2.11. The molecule has 0 aliphatic rings. The Bertz CT molecular complexity index is 277. The van der Waals surface area contributed by atoms with E-state index >= 15 is 0 Å². The van der Waals surface area contributed by atoms with Gasteiger partial charge in [-0.15, -0.1) is 0 Å². The van der Waals surface area contributed by atoms with Gasteiger partial charge < -0.3 is 10.1 Å². The highest BCUT2D eigenvalue weighted by atomic mass is 32.2. The Balaban J connectivity index is 3.74. The molecule has 0 aromatic carbocycles.